The van der Waals surface area contributed by atoms with Gasteiger partial charge in [-0.3, -0.25) is 4.90 Å². The normalized spacial score (nSPS) is 21.5. The van der Waals surface area contributed by atoms with Crippen molar-refractivity contribution < 1.29 is 15.0 Å². The van der Waals surface area contributed by atoms with Crippen molar-refractivity contribution in [2.45, 2.75) is 18.9 Å². The summed E-state index contributed by atoms with van der Waals surface area (Å²) in [5, 5.41) is 18.9. The Labute approximate surface area is 142 Å². The molecule has 2 aromatic carbocycles. The van der Waals surface area contributed by atoms with E-state index in [2.05, 4.69) is 17.0 Å². The van der Waals surface area contributed by atoms with Crippen LogP contribution < -0.4 is 0 Å². The van der Waals surface area contributed by atoms with E-state index in [1.54, 1.807) is 18.2 Å². The molecule has 2 atom stereocenters. The molecule has 0 unspecified atom stereocenters. The lowest BCUT2D eigenvalue weighted by molar-refractivity contribution is 0.0696. The predicted octanol–water partition coefficient (Wildman–Crippen LogP) is 2.98. The number of aromatic carboxylic acids is 1. The monoisotopic (exact) mass is 325 g/mol. The van der Waals surface area contributed by atoms with E-state index in [9.17, 15) is 9.90 Å². The summed E-state index contributed by atoms with van der Waals surface area (Å²) in [5.74, 6) is -0.297. The van der Waals surface area contributed by atoms with E-state index >= 15 is 0 Å². The quantitative estimate of drug-likeness (QED) is 0.887. The number of aliphatic hydroxyl groups is 1. The van der Waals surface area contributed by atoms with Gasteiger partial charge in [0.05, 0.1) is 5.56 Å². The zero-order valence-corrected chi connectivity index (χ0v) is 13.6. The Morgan fingerprint density at radius 1 is 1.12 bits per heavy atom. The number of carbonyl (C=O) groups is 1. The summed E-state index contributed by atoms with van der Waals surface area (Å²) >= 11 is 0. The summed E-state index contributed by atoms with van der Waals surface area (Å²) in [4.78, 5) is 13.4. The van der Waals surface area contributed by atoms with Gasteiger partial charge in [-0.15, -0.1) is 0 Å². The number of nitrogens with zero attached hydrogens (tertiary/aromatic N) is 1. The fourth-order valence-corrected chi connectivity index (χ4v) is 3.64. The van der Waals surface area contributed by atoms with E-state index in [0.717, 1.165) is 31.6 Å². The molecule has 0 aliphatic carbocycles. The SMILES string of the molecule is O=C(O)c1cccc(CN2CC[C@H](c3ccccc3)[C@H](CO)C2)c1. The first-order valence-corrected chi connectivity index (χ1v) is 8.37. The second kappa shape index (κ2) is 7.60. The van der Waals surface area contributed by atoms with Crippen LogP contribution in [0.25, 0.3) is 0 Å². The number of likely N-dealkylation sites (tertiary alicyclic amines) is 1. The van der Waals surface area contributed by atoms with Crippen molar-refractivity contribution in [1.82, 2.24) is 4.90 Å². The van der Waals surface area contributed by atoms with Crippen molar-refractivity contribution in [1.29, 1.82) is 0 Å². The van der Waals surface area contributed by atoms with Crippen molar-refractivity contribution in [3.05, 3.63) is 71.3 Å². The maximum absolute atomic E-state index is 11.1. The van der Waals surface area contributed by atoms with Gasteiger partial charge >= 0.3 is 5.97 Å². The molecule has 24 heavy (non-hydrogen) atoms. The number of hydrogen-bond donors (Lipinski definition) is 2. The van der Waals surface area contributed by atoms with Crippen molar-refractivity contribution >= 4 is 5.97 Å². The minimum atomic E-state index is -0.895. The van der Waals surface area contributed by atoms with E-state index in [0.29, 0.717) is 11.5 Å². The Hall–Kier alpha value is -2.17. The second-order valence-electron chi connectivity index (χ2n) is 6.49. The summed E-state index contributed by atoms with van der Waals surface area (Å²) in [6, 6.07) is 17.5. The molecular weight excluding hydrogens is 302 g/mol. The van der Waals surface area contributed by atoms with E-state index in [1.165, 1.54) is 5.56 Å². The molecule has 0 aromatic heterocycles. The Morgan fingerprint density at radius 2 is 1.92 bits per heavy atom. The molecule has 2 N–H and O–H groups in total. The van der Waals surface area contributed by atoms with Crippen LogP contribution in [0, 0.1) is 5.92 Å². The molecule has 0 radical (unpaired) electrons. The lowest BCUT2D eigenvalue weighted by atomic mass is 9.81. The number of benzene rings is 2. The van der Waals surface area contributed by atoms with Crippen LogP contribution in [0.4, 0.5) is 0 Å². The minimum Gasteiger partial charge on any atom is -0.478 e. The highest BCUT2D eigenvalue weighted by molar-refractivity contribution is 5.87. The van der Waals surface area contributed by atoms with Gasteiger partial charge in [0.2, 0.25) is 0 Å². The average molecular weight is 325 g/mol. The lowest BCUT2D eigenvalue weighted by Gasteiger charge is -2.38. The molecule has 1 saturated heterocycles. The molecule has 4 nitrogen and oxygen atoms in total. The fraction of sp³-hybridized carbons (Fsp3) is 0.350. The van der Waals surface area contributed by atoms with Gasteiger partial charge in [0.1, 0.15) is 0 Å². The minimum absolute atomic E-state index is 0.172. The van der Waals surface area contributed by atoms with E-state index in [1.807, 2.05) is 24.3 Å². The standard InChI is InChI=1S/C20H23NO3/c22-14-18-13-21(10-9-19(18)16-6-2-1-3-7-16)12-15-5-4-8-17(11-15)20(23)24/h1-8,11,18-19,22H,9-10,12-14H2,(H,23,24)/t18-,19+/m0/s1. The molecule has 1 fully saturated rings. The number of hydrogen-bond acceptors (Lipinski definition) is 3. The molecule has 0 bridgehead atoms. The first-order valence-electron chi connectivity index (χ1n) is 8.37. The van der Waals surface area contributed by atoms with E-state index in [4.69, 9.17) is 5.11 Å². The molecule has 4 heteroatoms. The van der Waals surface area contributed by atoms with Crippen LogP contribution in [0.2, 0.25) is 0 Å². The first kappa shape index (κ1) is 16.7. The van der Waals surface area contributed by atoms with E-state index in [-0.39, 0.29) is 12.5 Å². The van der Waals surface area contributed by atoms with Crippen LogP contribution in [-0.2, 0) is 6.54 Å². The van der Waals surface area contributed by atoms with E-state index < -0.39 is 5.97 Å². The van der Waals surface area contributed by atoms with Crippen LogP contribution in [0.15, 0.2) is 54.6 Å². The highest BCUT2D eigenvalue weighted by atomic mass is 16.4. The van der Waals surface area contributed by atoms with Crippen LogP contribution in [0.1, 0.15) is 33.8 Å². The number of carboxylic acid groups (broad SMARTS) is 1. The van der Waals surface area contributed by atoms with Crippen molar-refractivity contribution in [3.8, 4) is 0 Å². The molecule has 126 valence electrons. The van der Waals surface area contributed by atoms with Gasteiger partial charge < -0.3 is 10.2 Å². The maximum atomic E-state index is 11.1. The Balaban J connectivity index is 1.68. The molecule has 1 aliphatic rings. The maximum Gasteiger partial charge on any atom is 0.335 e. The Morgan fingerprint density at radius 3 is 2.62 bits per heavy atom. The summed E-state index contributed by atoms with van der Waals surface area (Å²) in [6.07, 6.45) is 1.01. The van der Waals surface area contributed by atoms with Gasteiger partial charge in [-0.1, -0.05) is 42.5 Å². The average Bonchev–Trinajstić information content (AvgIpc) is 2.62. The van der Waals surface area contributed by atoms with Crippen molar-refractivity contribution in [3.63, 3.8) is 0 Å². The summed E-state index contributed by atoms with van der Waals surface area (Å²) < 4.78 is 0. The number of rotatable bonds is 5. The lowest BCUT2D eigenvalue weighted by Crippen LogP contribution is -2.40. The van der Waals surface area contributed by atoms with Gasteiger partial charge in [-0.25, -0.2) is 4.79 Å². The fourth-order valence-electron chi connectivity index (χ4n) is 3.64. The van der Waals surface area contributed by atoms with Crippen molar-refractivity contribution in [2.75, 3.05) is 19.7 Å². The van der Waals surface area contributed by atoms with Crippen LogP contribution in [0.5, 0.6) is 0 Å². The van der Waals surface area contributed by atoms with Gasteiger partial charge in [0, 0.05) is 25.6 Å². The molecule has 0 amide bonds. The zero-order chi connectivity index (χ0) is 16.9. The van der Waals surface area contributed by atoms with Crippen molar-refractivity contribution in [2.24, 2.45) is 5.92 Å². The third kappa shape index (κ3) is 3.83. The molecule has 0 saturated carbocycles. The molecule has 3 rings (SSSR count). The summed E-state index contributed by atoms with van der Waals surface area (Å²) in [6.45, 7) is 2.67. The van der Waals surface area contributed by atoms with Gasteiger partial charge in [-0.05, 0) is 42.1 Å². The summed E-state index contributed by atoms with van der Waals surface area (Å²) in [7, 11) is 0. The molecule has 1 aliphatic heterocycles. The molecule has 0 spiro atoms. The highest BCUT2D eigenvalue weighted by Crippen LogP contribution is 2.33. The summed E-state index contributed by atoms with van der Waals surface area (Å²) in [5.41, 5.74) is 2.62. The smallest absolute Gasteiger partial charge is 0.335 e. The Bertz CT molecular complexity index is 686. The predicted molar refractivity (Wildman–Crippen MR) is 93.1 cm³/mol. The highest BCUT2D eigenvalue weighted by Gasteiger charge is 2.29. The van der Waals surface area contributed by atoms with Crippen LogP contribution >= 0.6 is 0 Å². The third-order valence-electron chi connectivity index (χ3n) is 4.86. The van der Waals surface area contributed by atoms with Crippen LogP contribution in [0.3, 0.4) is 0 Å². The molecular formula is C20H23NO3. The number of piperidine rings is 1. The number of carboxylic acids is 1. The topological polar surface area (TPSA) is 60.8 Å². The molecule has 1 heterocycles. The zero-order valence-electron chi connectivity index (χ0n) is 13.6. The first-order chi connectivity index (χ1) is 11.7. The van der Waals surface area contributed by atoms with Crippen LogP contribution in [-0.4, -0.2) is 40.8 Å². The largest absolute Gasteiger partial charge is 0.478 e. The number of aliphatic hydroxyl groups excluding tert-OH is 1. The Kier molecular flexibility index (Phi) is 5.28. The van der Waals surface area contributed by atoms with Gasteiger partial charge in [-0.2, -0.15) is 0 Å². The van der Waals surface area contributed by atoms with Gasteiger partial charge in [0.25, 0.3) is 0 Å². The molecule has 2 aromatic rings. The third-order valence-corrected chi connectivity index (χ3v) is 4.86. The second-order valence-corrected chi connectivity index (χ2v) is 6.49. The van der Waals surface area contributed by atoms with Gasteiger partial charge in [0.15, 0.2) is 0 Å².